The normalized spacial score (nSPS) is 23.2. The highest BCUT2D eigenvalue weighted by Gasteiger charge is 2.45. The third-order valence-electron chi connectivity index (χ3n) is 8.14. The lowest BCUT2D eigenvalue weighted by Gasteiger charge is -2.39. The van der Waals surface area contributed by atoms with E-state index in [4.69, 9.17) is 10.7 Å². The Labute approximate surface area is 211 Å². The van der Waals surface area contributed by atoms with Crippen LogP contribution in [0.3, 0.4) is 0 Å². The number of aliphatic hydroxyl groups excluding tert-OH is 1. The van der Waals surface area contributed by atoms with Gasteiger partial charge in [-0.25, -0.2) is 9.97 Å². The van der Waals surface area contributed by atoms with E-state index in [0.717, 1.165) is 67.1 Å². The van der Waals surface area contributed by atoms with E-state index in [0.29, 0.717) is 28.9 Å². The van der Waals surface area contributed by atoms with Gasteiger partial charge < -0.3 is 20.7 Å². The highest BCUT2D eigenvalue weighted by molar-refractivity contribution is 5.80. The summed E-state index contributed by atoms with van der Waals surface area (Å²) in [5, 5.41) is 14.0. The van der Waals surface area contributed by atoms with E-state index >= 15 is 0 Å². The lowest BCUT2D eigenvalue weighted by atomic mass is 9.85. The van der Waals surface area contributed by atoms with Crippen LogP contribution in [0.4, 0.5) is 10.2 Å². The zero-order chi connectivity index (χ0) is 25.3. The summed E-state index contributed by atoms with van der Waals surface area (Å²) >= 11 is 0. The summed E-state index contributed by atoms with van der Waals surface area (Å²) in [5.41, 5.74) is 11.7. The molecule has 3 aliphatic rings. The number of imidazole rings is 1. The summed E-state index contributed by atoms with van der Waals surface area (Å²) in [7, 11) is 0. The molecule has 2 atom stereocenters. The number of aliphatic hydroxyl groups is 1. The van der Waals surface area contributed by atoms with Crippen LogP contribution in [-0.4, -0.2) is 64.2 Å². The second-order valence-electron chi connectivity index (χ2n) is 10.4. The molecule has 1 aliphatic carbocycles. The van der Waals surface area contributed by atoms with Gasteiger partial charge in [0.25, 0.3) is 0 Å². The molecule has 4 N–H and O–H groups in total. The van der Waals surface area contributed by atoms with Gasteiger partial charge in [-0.05, 0) is 50.5 Å². The average molecular weight is 503 g/mol. The van der Waals surface area contributed by atoms with Gasteiger partial charge in [0.2, 0.25) is 11.9 Å². The second-order valence-corrected chi connectivity index (χ2v) is 10.4. The van der Waals surface area contributed by atoms with Crippen molar-refractivity contribution in [3.8, 4) is 22.6 Å². The maximum Gasteiger partial charge on any atom is 0.248 e. The molecule has 4 aromatic rings. The minimum Gasteiger partial charge on any atom is -0.387 e. The van der Waals surface area contributed by atoms with Crippen LogP contribution in [0.5, 0.6) is 0 Å². The number of hydrogen-bond donors (Lipinski definition) is 3. The number of amides is 1. The number of nitrogens with one attached hydrogen (secondary N) is 1. The number of nitrogens with zero attached hydrogens (tertiary/aromatic N) is 6. The number of fused-ring (bicyclic) bond motifs is 3. The number of piperidine rings is 1. The molecule has 2 bridgehead atoms. The molecule has 1 saturated carbocycles. The minimum absolute atomic E-state index is 0.127. The molecule has 2 aliphatic heterocycles. The first-order chi connectivity index (χ1) is 18.0. The summed E-state index contributed by atoms with van der Waals surface area (Å²) in [6, 6.07) is 3.93. The Hall–Kier alpha value is -3.86. The van der Waals surface area contributed by atoms with Gasteiger partial charge in [-0.1, -0.05) is 6.07 Å². The highest BCUT2D eigenvalue weighted by Crippen LogP contribution is 2.50. The fourth-order valence-corrected chi connectivity index (χ4v) is 6.36. The van der Waals surface area contributed by atoms with Gasteiger partial charge in [0, 0.05) is 40.9 Å². The number of nitrogens with two attached hydrogens (primary N) is 1. The van der Waals surface area contributed by atoms with Crippen LogP contribution in [0, 0.1) is 5.95 Å². The van der Waals surface area contributed by atoms with Gasteiger partial charge in [-0.15, -0.1) is 0 Å². The molecule has 2 saturated heterocycles. The maximum atomic E-state index is 13.3. The van der Waals surface area contributed by atoms with E-state index in [-0.39, 0.29) is 23.9 Å². The minimum atomic E-state index is -0.512. The Kier molecular flexibility index (Phi) is 5.04. The van der Waals surface area contributed by atoms with Crippen LogP contribution in [0.15, 0.2) is 30.7 Å². The van der Waals surface area contributed by atoms with Crippen molar-refractivity contribution in [2.24, 2.45) is 0 Å². The van der Waals surface area contributed by atoms with E-state index in [1.54, 1.807) is 23.0 Å². The van der Waals surface area contributed by atoms with Crippen molar-refractivity contribution in [2.75, 3.05) is 12.3 Å². The average Bonchev–Trinajstić information content (AvgIpc) is 3.40. The van der Waals surface area contributed by atoms with Crippen molar-refractivity contribution in [2.45, 2.75) is 62.4 Å². The third-order valence-corrected chi connectivity index (χ3v) is 8.14. The van der Waals surface area contributed by atoms with Gasteiger partial charge in [0.15, 0.2) is 11.5 Å². The van der Waals surface area contributed by atoms with Crippen molar-refractivity contribution in [3.63, 3.8) is 0 Å². The number of halogens is 1. The molecule has 37 heavy (non-hydrogen) atoms. The fourth-order valence-electron chi connectivity index (χ4n) is 6.36. The molecule has 11 heteroatoms. The summed E-state index contributed by atoms with van der Waals surface area (Å²) in [5.74, 6) is 0.892. The number of rotatable bonds is 5. The number of carbonyl (C=O) groups is 1. The van der Waals surface area contributed by atoms with Crippen LogP contribution in [0.1, 0.15) is 61.6 Å². The number of nitrogen functional groups attached to an aromatic ring is 1. The van der Waals surface area contributed by atoms with E-state index < -0.39 is 12.6 Å². The highest BCUT2D eigenvalue weighted by atomic mass is 19.1. The topological polar surface area (TPSA) is 138 Å². The first-order valence-electron chi connectivity index (χ1n) is 12.8. The number of H-pyrrole nitrogens is 1. The predicted molar refractivity (Wildman–Crippen MR) is 133 cm³/mol. The summed E-state index contributed by atoms with van der Waals surface area (Å²) in [4.78, 5) is 30.5. The monoisotopic (exact) mass is 502 g/mol. The summed E-state index contributed by atoms with van der Waals surface area (Å²) in [6.45, 7) is -0.441. The molecule has 0 aromatic carbocycles. The molecular weight excluding hydrogens is 475 g/mol. The third kappa shape index (κ3) is 3.59. The Morgan fingerprint density at radius 2 is 1.86 bits per heavy atom. The van der Waals surface area contributed by atoms with Gasteiger partial charge >= 0.3 is 0 Å². The molecule has 7 rings (SSSR count). The Balaban J connectivity index is 1.28. The number of aromatic amines is 1. The summed E-state index contributed by atoms with van der Waals surface area (Å²) < 4.78 is 15.1. The number of pyridine rings is 1. The Morgan fingerprint density at radius 1 is 1.08 bits per heavy atom. The van der Waals surface area contributed by atoms with Crippen molar-refractivity contribution < 1.29 is 14.3 Å². The first-order valence-corrected chi connectivity index (χ1v) is 12.8. The number of hydrogen-bond acceptors (Lipinski definition) is 7. The van der Waals surface area contributed by atoms with Crippen LogP contribution >= 0.6 is 0 Å². The number of carbonyl (C=O) groups excluding carboxylic acids is 1. The SMILES string of the molecule is Nc1c(C2CC2)c(C2CC3CCC(C2)N3C(=O)CO)nc2c(-c3ccc(-c4ncc(F)[nH]4)nc3)cnn12. The molecule has 190 valence electrons. The molecule has 1 amide bonds. The Morgan fingerprint density at radius 3 is 2.49 bits per heavy atom. The molecule has 2 unspecified atom stereocenters. The van der Waals surface area contributed by atoms with Crippen LogP contribution < -0.4 is 5.73 Å². The van der Waals surface area contributed by atoms with Gasteiger partial charge in [-0.3, -0.25) is 9.78 Å². The smallest absolute Gasteiger partial charge is 0.248 e. The molecule has 4 aromatic heterocycles. The lowest BCUT2D eigenvalue weighted by molar-refractivity contribution is -0.138. The van der Waals surface area contributed by atoms with Gasteiger partial charge in [-0.2, -0.15) is 14.0 Å². The Bertz CT molecular complexity index is 1500. The van der Waals surface area contributed by atoms with Crippen LogP contribution in [-0.2, 0) is 4.79 Å². The fraction of sp³-hybridized carbons (Fsp3) is 0.423. The molecule has 3 fully saturated rings. The maximum absolute atomic E-state index is 13.3. The largest absolute Gasteiger partial charge is 0.387 e. The molecule has 0 radical (unpaired) electrons. The standard InChI is InChI=1S/C26H27FN8O2/c27-20-11-30-25(32-20)19-6-3-14(9-29-19)18-10-31-35-24(28)22(13-1-2-13)23(33-26(18)35)15-7-16-4-5-17(8-15)34(16)21(37)12-36/h3,6,9-11,13,15-17,36H,1-2,4-5,7-8,12,28H2,(H,30,32). The van der Waals surface area contributed by atoms with Crippen molar-refractivity contribution in [1.29, 1.82) is 0 Å². The van der Waals surface area contributed by atoms with E-state index in [1.807, 2.05) is 11.0 Å². The van der Waals surface area contributed by atoms with E-state index in [2.05, 4.69) is 20.1 Å². The zero-order valence-corrected chi connectivity index (χ0v) is 20.1. The lowest BCUT2D eigenvalue weighted by Crippen LogP contribution is -2.47. The number of anilines is 1. The molecule has 10 nitrogen and oxygen atoms in total. The predicted octanol–water partition coefficient (Wildman–Crippen LogP) is 3.01. The van der Waals surface area contributed by atoms with Crippen molar-refractivity contribution >= 4 is 17.4 Å². The van der Waals surface area contributed by atoms with Crippen LogP contribution in [0.25, 0.3) is 28.3 Å². The van der Waals surface area contributed by atoms with E-state index in [9.17, 15) is 14.3 Å². The van der Waals surface area contributed by atoms with Crippen molar-refractivity contribution in [1.82, 2.24) is 34.4 Å². The quantitative estimate of drug-likeness (QED) is 0.381. The molecule has 0 spiro atoms. The van der Waals surface area contributed by atoms with Gasteiger partial charge in [0.05, 0.1) is 18.1 Å². The van der Waals surface area contributed by atoms with Gasteiger partial charge in [0.1, 0.15) is 18.1 Å². The zero-order valence-electron chi connectivity index (χ0n) is 20.1. The van der Waals surface area contributed by atoms with Crippen molar-refractivity contribution in [3.05, 3.63) is 47.9 Å². The molecule has 6 heterocycles. The summed E-state index contributed by atoms with van der Waals surface area (Å²) in [6.07, 6.45) is 10.3. The van der Waals surface area contributed by atoms with Crippen LogP contribution in [0.2, 0.25) is 0 Å². The second kappa shape index (κ2) is 8.34. The molecular formula is C26H27FN8O2. The van der Waals surface area contributed by atoms with E-state index in [1.165, 1.54) is 0 Å². The first kappa shape index (κ1) is 22.3. The number of aromatic nitrogens is 6.